The maximum atomic E-state index is 13.0. The van der Waals surface area contributed by atoms with Crippen LogP contribution in [0.5, 0.6) is 0 Å². The highest BCUT2D eigenvalue weighted by Gasteiger charge is 2.26. The molecule has 1 fully saturated rings. The average molecular weight is 499 g/mol. The van der Waals surface area contributed by atoms with Crippen LogP contribution in [-0.2, 0) is 4.79 Å². The van der Waals surface area contributed by atoms with Gasteiger partial charge in [-0.05, 0) is 66.6 Å². The lowest BCUT2D eigenvalue weighted by Crippen LogP contribution is -2.41. The van der Waals surface area contributed by atoms with Gasteiger partial charge in [-0.25, -0.2) is 10.3 Å². The van der Waals surface area contributed by atoms with E-state index in [4.69, 9.17) is 5.21 Å². The molecular formula is C30H34N4O3. The van der Waals surface area contributed by atoms with Crippen molar-refractivity contribution in [2.45, 2.75) is 51.0 Å². The van der Waals surface area contributed by atoms with E-state index in [1.54, 1.807) is 5.48 Å². The Labute approximate surface area is 218 Å². The SMILES string of the molecule is O=C(CCCCC[C@H](NC(=O)Nc1ccc(-c2ccccc2)cc1)C(Nc1ccccc1)=C1CC1)NO. The minimum Gasteiger partial charge on any atom is -0.357 e. The number of allylic oxidation sites excluding steroid dienone is 1. The van der Waals surface area contributed by atoms with E-state index in [9.17, 15) is 9.59 Å². The van der Waals surface area contributed by atoms with E-state index < -0.39 is 0 Å². The predicted molar refractivity (Wildman–Crippen MR) is 147 cm³/mol. The van der Waals surface area contributed by atoms with Gasteiger partial charge in [-0.3, -0.25) is 10.0 Å². The number of unbranched alkanes of at least 4 members (excludes halogenated alkanes) is 2. The van der Waals surface area contributed by atoms with Crippen LogP contribution < -0.4 is 21.4 Å². The number of anilines is 2. The number of hydrogen-bond donors (Lipinski definition) is 5. The van der Waals surface area contributed by atoms with Crippen LogP contribution in [0.3, 0.4) is 0 Å². The Kier molecular flexibility index (Phi) is 9.32. The third-order valence-corrected chi connectivity index (χ3v) is 6.36. The molecule has 37 heavy (non-hydrogen) atoms. The summed E-state index contributed by atoms with van der Waals surface area (Å²) >= 11 is 0. The maximum Gasteiger partial charge on any atom is 0.319 e. The van der Waals surface area contributed by atoms with Gasteiger partial charge in [0.15, 0.2) is 0 Å². The smallest absolute Gasteiger partial charge is 0.319 e. The molecule has 3 aromatic carbocycles. The lowest BCUT2D eigenvalue weighted by Gasteiger charge is -2.24. The van der Waals surface area contributed by atoms with Crippen molar-refractivity contribution >= 4 is 23.3 Å². The lowest BCUT2D eigenvalue weighted by molar-refractivity contribution is -0.129. The molecule has 0 bridgehead atoms. The molecule has 0 radical (unpaired) electrons. The van der Waals surface area contributed by atoms with Crippen LogP contribution >= 0.6 is 0 Å². The van der Waals surface area contributed by atoms with E-state index in [1.165, 1.54) is 5.57 Å². The largest absolute Gasteiger partial charge is 0.357 e. The summed E-state index contributed by atoms with van der Waals surface area (Å²) in [7, 11) is 0. The fraction of sp³-hybridized carbons (Fsp3) is 0.267. The van der Waals surface area contributed by atoms with Crippen LogP contribution in [0.15, 0.2) is 96.2 Å². The zero-order valence-electron chi connectivity index (χ0n) is 20.9. The summed E-state index contributed by atoms with van der Waals surface area (Å²) in [5.41, 5.74) is 7.97. The summed E-state index contributed by atoms with van der Waals surface area (Å²) in [4.78, 5) is 24.3. The first-order valence-electron chi connectivity index (χ1n) is 12.8. The van der Waals surface area contributed by atoms with E-state index >= 15 is 0 Å². The fourth-order valence-corrected chi connectivity index (χ4v) is 4.29. The highest BCUT2D eigenvalue weighted by molar-refractivity contribution is 5.90. The maximum absolute atomic E-state index is 13.0. The molecule has 5 N–H and O–H groups in total. The molecule has 4 rings (SSSR count). The second-order valence-electron chi connectivity index (χ2n) is 9.24. The highest BCUT2D eigenvalue weighted by atomic mass is 16.5. The van der Waals surface area contributed by atoms with Gasteiger partial charge in [0, 0.05) is 23.5 Å². The first-order chi connectivity index (χ1) is 18.1. The summed E-state index contributed by atoms with van der Waals surface area (Å²) in [6, 6.07) is 27.5. The molecule has 1 aliphatic rings. The number of benzene rings is 3. The molecule has 0 spiro atoms. The molecule has 0 saturated heterocycles. The average Bonchev–Trinajstić information content (AvgIpc) is 3.78. The number of hydroxylamine groups is 1. The molecular weight excluding hydrogens is 464 g/mol. The molecule has 7 heteroatoms. The van der Waals surface area contributed by atoms with Crippen LogP contribution in [0.1, 0.15) is 44.9 Å². The molecule has 3 aromatic rings. The van der Waals surface area contributed by atoms with Gasteiger partial charge in [-0.1, -0.05) is 73.5 Å². The number of para-hydroxylation sites is 1. The van der Waals surface area contributed by atoms with Crippen LogP contribution in [0.2, 0.25) is 0 Å². The Morgan fingerprint density at radius 3 is 2.00 bits per heavy atom. The van der Waals surface area contributed by atoms with Gasteiger partial charge in [0.25, 0.3) is 0 Å². The van der Waals surface area contributed by atoms with Gasteiger partial charge >= 0.3 is 6.03 Å². The zero-order chi connectivity index (χ0) is 25.9. The summed E-state index contributed by atoms with van der Waals surface area (Å²) in [5.74, 6) is -0.376. The normalized spacial score (nSPS) is 12.8. The van der Waals surface area contributed by atoms with Crippen molar-refractivity contribution in [3.05, 3.63) is 96.2 Å². The molecule has 1 atom stereocenters. The van der Waals surface area contributed by atoms with Gasteiger partial charge in [0.2, 0.25) is 5.91 Å². The summed E-state index contributed by atoms with van der Waals surface area (Å²) in [5, 5.41) is 18.4. The Morgan fingerprint density at radius 2 is 1.35 bits per heavy atom. The number of carbonyl (C=O) groups excluding carboxylic acids is 2. The summed E-state index contributed by atoms with van der Waals surface area (Å²) in [6.45, 7) is 0. The number of rotatable bonds is 12. The molecule has 0 aromatic heterocycles. The first-order valence-corrected chi connectivity index (χ1v) is 12.8. The Bertz CT molecular complexity index is 1190. The first kappa shape index (κ1) is 26.0. The number of hydrogen-bond acceptors (Lipinski definition) is 4. The highest BCUT2D eigenvalue weighted by Crippen LogP contribution is 2.34. The Hall–Kier alpha value is -4.10. The number of carbonyl (C=O) groups is 2. The Balaban J connectivity index is 1.40. The van der Waals surface area contributed by atoms with Gasteiger partial charge in [0.1, 0.15) is 0 Å². The molecule has 0 heterocycles. The minimum absolute atomic E-state index is 0.187. The van der Waals surface area contributed by atoms with E-state index in [-0.39, 0.29) is 24.4 Å². The van der Waals surface area contributed by atoms with Gasteiger partial charge in [-0.2, -0.15) is 0 Å². The monoisotopic (exact) mass is 498 g/mol. The molecule has 1 saturated carbocycles. The topological polar surface area (TPSA) is 102 Å². The van der Waals surface area contributed by atoms with Crippen molar-refractivity contribution in [3.8, 4) is 11.1 Å². The Morgan fingerprint density at radius 1 is 0.730 bits per heavy atom. The van der Waals surface area contributed by atoms with E-state index in [1.807, 2.05) is 72.8 Å². The van der Waals surface area contributed by atoms with Crippen molar-refractivity contribution in [1.82, 2.24) is 10.8 Å². The van der Waals surface area contributed by atoms with Crippen molar-refractivity contribution < 1.29 is 14.8 Å². The predicted octanol–water partition coefficient (Wildman–Crippen LogP) is 6.46. The molecule has 3 amide bonds. The minimum atomic E-state index is -0.376. The third kappa shape index (κ3) is 8.22. The van der Waals surface area contributed by atoms with Gasteiger partial charge < -0.3 is 16.0 Å². The van der Waals surface area contributed by atoms with Crippen molar-refractivity contribution in [3.63, 3.8) is 0 Å². The molecule has 1 aliphatic carbocycles. The molecule has 0 aliphatic heterocycles. The molecule has 7 nitrogen and oxygen atoms in total. The fourth-order valence-electron chi connectivity index (χ4n) is 4.29. The van der Waals surface area contributed by atoms with E-state index in [2.05, 4.69) is 28.1 Å². The number of amides is 3. The van der Waals surface area contributed by atoms with Crippen LogP contribution in [0, 0.1) is 0 Å². The van der Waals surface area contributed by atoms with Crippen molar-refractivity contribution in [2.75, 3.05) is 10.6 Å². The summed E-state index contributed by atoms with van der Waals surface area (Å²) in [6.07, 6.45) is 5.39. The second kappa shape index (κ2) is 13.3. The van der Waals surface area contributed by atoms with Crippen LogP contribution in [0.4, 0.5) is 16.2 Å². The van der Waals surface area contributed by atoms with Crippen LogP contribution in [0.25, 0.3) is 11.1 Å². The summed E-state index contributed by atoms with van der Waals surface area (Å²) < 4.78 is 0. The standard InChI is InChI=1S/C30H34N4O3/c35-28(34-37)15-9-3-8-14-27(29(24-16-17-24)31-25-12-6-2-7-13-25)33-30(36)32-26-20-18-23(19-21-26)22-10-4-1-5-11-22/h1-2,4-7,10-13,18-21,27,31,37H,3,8-9,14-17H2,(H,34,35)(H2,32,33,36)/t27-/m0/s1. The number of urea groups is 1. The van der Waals surface area contributed by atoms with Crippen molar-refractivity contribution in [2.24, 2.45) is 0 Å². The quantitative estimate of drug-likeness (QED) is 0.112. The van der Waals surface area contributed by atoms with E-state index in [0.717, 1.165) is 60.3 Å². The molecule has 0 unspecified atom stereocenters. The second-order valence-corrected chi connectivity index (χ2v) is 9.24. The van der Waals surface area contributed by atoms with Crippen LogP contribution in [-0.4, -0.2) is 23.2 Å². The van der Waals surface area contributed by atoms with Gasteiger partial charge in [-0.15, -0.1) is 0 Å². The lowest BCUT2D eigenvalue weighted by atomic mass is 10.0. The third-order valence-electron chi connectivity index (χ3n) is 6.36. The number of nitrogens with one attached hydrogen (secondary N) is 4. The van der Waals surface area contributed by atoms with E-state index in [0.29, 0.717) is 6.42 Å². The van der Waals surface area contributed by atoms with Gasteiger partial charge in [0.05, 0.1) is 6.04 Å². The van der Waals surface area contributed by atoms with Crippen molar-refractivity contribution in [1.29, 1.82) is 0 Å². The molecule has 192 valence electrons. The zero-order valence-corrected chi connectivity index (χ0v) is 20.9.